The third-order valence-electron chi connectivity index (χ3n) is 2.28. The van der Waals surface area contributed by atoms with Crippen LogP contribution in [-0.4, -0.2) is 23.3 Å². The van der Waals surface area contributed by atoms with Crippen molar-refractivity contribution in [3.05, 3.63) is 0 Å². The Labute approximate surface area is 62.0 Å². The molecule has 0 unspecified atom stereocenters. The maximum absolute atomic E-state index is 8.56. The maximum Gasteiger partial charge on any atom is 0.0262 e. The molecule has 0 aromatic carbocycles. The van der Waals surface area contributed by atoms with E-state index in [1.807, 2.05) is 7.05 Å². The first-order valence-corrected chi connectivity index (χ1v) is 3.97. The van der Waals surface area contributed by atoms with Gasteiger partial charge >= 0.3 is 0 Å². The highest BCUT2D eigenvalue weighted by Gasteiger charge is 2.16. The lowest BCUT2D eigenvalue weighted by molar-refractivity contribution is -0.0380. The minimum absolute atomic E-state index is 0.541. The zero-order valence-electron chi connectivity index (χ0n) is 6.51. The molecule has 2 N–H and O–H groups in total. The topological polar surface area (TPSA) is 35.5 Å². The number of nitrogens with one attached hydrogen (secondary N) is 1. The molecular formula is C7H16N2O. The van der Waals surface area contributed by atoms with Gasteiger partial charge < -0.3 is 5.21 Å². The highest BCUT2D eigenvalue weighted by Crippen LogP contribution is 2.19. The van der Waals surface area contributed by atoms with Gasteiger partial charge in [-0.2, -0.15) is 0 Å². The molecule has 0 saturated heterocycles. The van der Waals surface area contributed by atoms with E-state index in [1.54, 1.807) is 5.01 Å². The average molecular weight is 144 g/mol. The molecule has 0 bridgehead atoms. The van der Waals surface area contributed by atoms with Crippen molar-refractivity contribution in [3.8, 4) is 0 Å². The lowest BCUT2D eigenvalue weighted by atomic mass is 9.95. The summed E-state index contributed by atoms with van der Waals surface area (Å²) in [6.07, 6.45) is 6.39. The number of hydrazine groups is 1. The standard InChI is InChI=1S/C7H16N2O/c1-9(8-10)7-5-3-2-4-6-7/h7-8,10H,2-6H2,1H3. The van der Waals surface area contributed by atoms with Crippen molar-refractivity contribution in [2.75, 3.05) is 7.05 Å². The first-order chi connectivity index (χ1) is 4.84. The molecule has 0 amide bonds. The molecule has 60 valence electrons. The van der Waals surface area contributed by atoms with Crippen molar-refractivity contribution >= 4 is 0 Å². The molecule has 0 heterocycles. The van der Waals surface area contributed by atoms with Crippen molar-refractivity contribution in [1.82, 2.24) is 10.6 Å². The monoisotopic (exact) mass is 144 g/mol. The number of rotatable bonds is 2. The first-order valence-electron chi connectivity index (χ1n) is 3.97. The Kier molecular flexibility index (Phi) is 3.12. The summed E-state index contributed by atoms with van der Waals surface area (Å²) in [6.45, 7) is 0. The largest absolute Gasteiger partial charge is 0.302 e. The van der Waals surface area contributed by atoms with Crippen LogP contribution < -0.4 is 5.59 Å². The normalized spacial score (nSPS) is 21.9. The second kappa shape index (κ2) is 3.91. The predicted octanol–water partition coefficient (Wildman–Crippen LogP) is 1.14. The summed E-state index contributed by atoms with van der Waals surface area (Å²) < 4.78 is 0. The van der Waals surface area contributed by atoms with Gasteiger partial charge in [0.05, 0.1) is 0 Å². The van der Waals surface area contributed by atoms with Crippen LogP contribution >= 0.6 is 0 Å². The average Bonchev–Trinajstić information content (AvgIpc) is 2.05. The van der Waals surface area contributed by atoms with Gasteiger partial charge in [-0.15, -0.1) is 5.59 Å². The summed E-state index contributed by atoms with van der Waals surface area (Å²) in [7, 11) is 1.88. The molecular weight excluding hydrogens is 128 g/mol. The van der Waals surface area contributed by atoms with Crippen LogP contribution in [0, 0.1) is 0 Å². The van der Waals surface area contributed by atoms with Crippen molar-refractivity contribution < 1.29 is 5.21 Å². The molecule has 1 fully saturated rings. The highest BCUT2D eigenvalue weighted by atomic mass is 16.5. The van der Waals surface area contributed by atoms with Crippen molar-refractivity contribution in [2.45, 2.75) is 38.1 Å². The van der Waals surface area contributed by atoms with Gasteiger partial charge in [-0.3, -0.25) is 0 Å². The van der Waals surface area contributed by atoms with Crippen LogP contribution in [0.4, 0.5) is 0 Å². The third-order valence-corrected chi connectivity index (χ3v) is 2.28. The lowest BCUT2D eigenvalue weighted by Crippen LogP contribution is -2.41. The van der Waals surface area contributed by atoms with Crippen LogP contribution in [0.2, 0.25) is 0 Å². The minimum atomic E-state index is 0.541. The van der Waals surface area contributed by atoms with Gasteiger partial charge in [0.2, 0.25) is 0 Å². The van der Waals surface area contributed by atoms with Gasteiger partial charge in [-0.05, 0) is 12.8 Å². The zero-order valence-corrected chi connectivity index (χ0v) is 6.51. The predicted molar refractivity (Wildman–Crippen MR) is 39.6 cm³/mol. The van der Waals surface area contributed by atoms with E-state index in [4.69, 9.17) is 5.21 Å². The molecule has 1 aliphatic carbocycles. The first kappa shape index (κ1) is 7.98. The van der Waals surface area contributed by atoms with E-state index in [0.29, 0.717) is 6.04 Å². The minimum Gasteiger partial charge on any atom is -0.302 e. The summed E-state index contributed by atoms with van der Waals surface area (Å²) in [5, 5.41) is 10.4. The van der Waals surface area contributed by atoms with Crippen LogP contribution in [0.1, 0.15) is 32.1 Å². The highest BCUT2D eigenvalue weighted by molar-refractivity contribution is 4.69. The van der Waals surface area contributed by atoms with Gasteiger partial charge in [0.15, 0.2) is 0 Å². The second-order valence-electron chi connectivity index (χ2n) is 3.00. The van der Waals surface area contributed by atoms with Crippen LogP contribution in [0.5, 0.6) is 0 Å². The van der Waals surface area contributed by atoms with E-state index in [-0.39, 0.29) is 0 Å². The van der Waals surface area contributed by atoms with Crippen LogP contribution in [0.15, 0.2) is 0 Å². The lowest BCUT2D eigenvalue weighted by Gasteiger charge is -2.28. The molecule has 0 radical (unpaired) electrons. The maximum atomic E-state index is 8.56. The summed E-state index contributed by atoms with van der Waals surface area (Å²) in [5.41, 5.74) is 2.17. The van der Waals surface area contributed by atoms with E-state index in [0.717, 1.165) is 0 Å². The Morgan fingerprint density at radius 2 is 1.90 bits per heavy atom. The fourth-order valence-electron chi connectivity index (χ4n) is 1.55. The molecule has 0 atom stereocenters. The molecule has 1 rings (SSSR count). The number of nitrogens with zero attached hydrogens (tertiary/aromatic N) is 1. The Morgan fingerprint density at radius 1 is 1.30 bits per heavy atom. The van der Waals surface area contributed by atoms with Gasteiger partial charge in [-0.25, -0.2) is 5.01 Å². The molecule has 3 heteroatoms. The van der Waals surface area contributed by atoms with Gasteiger partial charge in [0.1, 0.15) is 0 Å². The Hall–Kier alpha value is -0.120. The molecule has 1 saturated carbocycles. The Balaban J connectivity index is 2.24. The van der Waals surface area contributed by atoms with E-state index in [9.17, 15) is 0 Å². The summed E-state index contributed by atoms with van der Waals surface area (Å²) >= 11 is 0. The molecule has 0 aromatic rings. The van der Waals surface area contributed by atoms with Crippen molar-refractivity contribution in [1.29, 1.82) is 0 Å². The van der Waals surface area contributed by atoms with E-state index >= 15 is 0 Å². The Bertz CT molecular complexity index is 91.6. The molecule has 0 spiro atoms. The van der Waals surface area contributed by atoms with Gasteiger partial charge in [0.25, 0.3) is 0 Å². The smallest absolute Gasteiger partial charge is 0.0262 e. The fraction of sp³-hybridized carbons (Fsp3) is 1.00. The SMILES string of the molecule is CN(NO)C1CCCCC1. The van der Waals surface area contributed by atoms with Gasteiger partial charge in [-0.1, -0.05) is 19.3 Å². The van der Waals surface area contributed by atoms with Crippen LogP contribution in [0.3, 0.4) is 0 Å². The zero-order chi connectivity index (χ0) is 7.40. The molecule has 1 aliphatic rings. The third kappa shape index (κ3) is 1.94. The fourth-order valence-corrected chi connectivity index (χ4v) is 1.55. The molecule has 0 aromatic heterocycles. The number of hydrogen-bond donors (Lipinski definition) is 2. The van der Waals surface area contributed by atoms with E-state index in [1.165, 1.54) is 32.1 Å². The summed E-state index contributed by atoms with van der Waals surface area (Å²) in [6, 6.07) is 0.541. The van der Waals surface area contributed by atoms with E-state index < -0.39 is 0 Å². The molecule has 10 heavy (non-hydrogen) atoms. The quantitative estimate of drug-likeness (QED) is 0.570. The van der Waals surface area contributed by atoms with Crippen LogP contribution in [0.25, 0.3) is 0 Å². The van der Waals surface area contributed by atoms with Crippen molar-refractivity contribution in [3.63, 3.8) is 0 Å². The van der Waals surface area contributed by atoms with E-state index in [2.05, 4.69) is 5.59 Å². The van der Waals surface area contributed by atoms with Crippen molar-refractivity contribution in [2.24, 2.45) is 0 Å². The summed E-state index contributed by atoms with van der Waals surface area (Å²) in [5.74, 6) is 0. The van der Waals surface area contributed by atoms with Crippen LogP contribution in [-0.2, 0) is 0 Å². The Morgan fingerprint density at radius 3 is 2.40 bits per heavy atom. The molecule has 3 nitrogen and oxygen atoms in total. The number of hydrogen-bond acceptors (Lipinski definition) is 3. The summed E-state index contributed by atoms with van der Waals surface area (Å²) in [4.78, 5) is 0. The molecule has 0 aliphatic heterocycles. The van der Waals surface area contributed by atoms with Gasteiger partial charge in [0, 0.05) is 13.1 Å². The second-order valence-corrected chi connectivity index (χ2v) is 3.00.